The molecule has 0 bridgehead atoms. The Morgan fingerprint density at radius 3 is 2.07 bits per heavy atom. The number of allylic oxidation sites excluding steroid dienone is 1. The van der Waals surface area contributed by atoms with Crippen LogP contribution < -0.4 is 9.47 Å². The van der Waals surface area contributed by atoms with E-state index < -0.39 is 4.92 Å². The van der Waals surface area contributed by atoms with E-state index in [1.165, 1.54) is 24.3 Å². The fourth-order valence-electron chi connectivity index (χ4n) is 2.50. The standard InChI is InChI=1S/C22H16ClNO5/c1-28-19-10-2-15(3-11-19)14-21(22(25)16-4-6-17(23)7-5-16)29-20-12-8-18(9-13-20)24(26)27/h2-14H,1H3/b21-14-. The third-order valence-corrected chi connectivity index (χ3v) is 4.27. The number of ketones is 1. The van der Waals surface area contributed by atoms with Crippen molar-refractivity contribution < 1.29 is 19.2 Å². The van der Waals surface area contributed by atoms with Crippen molar-refractivity contribution in [2.24, 2.45) is 0 Å². The van der Waals surface area contributed by atoms with Gasteiger partial charge in [-0.25, -0.2) is 0 Å². The Bertz CT molecular complexity index is 1040. The van der Waals surface area contributed by atoms with Gasteiger partial charge in [0.2, 0.25) is 5.78 Å². The van der Waals surface area contributed by atoms with Crippen molar-refractivity contribution in [3.63, 3.8) is 0 Å². The summed E-state index contributed by atoms with van der Waals surface area (Å²) < 4.78 is 10.9. The van der Waals surface area contributed by atoms with Crippen molar-refractivity contribution in [1.82, 2.24) is 0 Å². The number of methoxy groups -OCH3 is 1. The van der Waals surface area contributed by atoms with Crippen LogP contribution in [0.5, 0.6) is 11.5 Å². The lowest BCUT2D eigenvalue weighted by molar-refractivity contribution is -0.384. The highest BCUT2D eigenvalue weighted by molar-refractivity contribution is 6.30. The van der Waals surface area contributed by atoms with E-state index in [0.29, 0.717) is 22.1 Å². The van der Waals surface area contributed by atoms with E-state index in [9.17, 15) is 14.9 Å². The summed E-state index contributed by atoms with van der Waals surface area (Å²) in [5.41, 5.74) is 1.06. The third-order valence-electron chi connectivity index (χ3n) is 4.02. The van der Waals surface area contributed by atoms with Crippen LogP contribution in [0.2, 0.25) is 5.02 Å². The zero-order valence-corrected chi connectivity index (χ0v) is 16.1. The minimum Gasteiger partial charge on any atom is -0.497 e. The number of carbonyl (C=O) groups excluding carboxylic acids is 1. The molecule has 0 spiro atoms. The number of carbonyl (C=O) groups is 1. The van der Waals surface area contributed by atoms with E-state index in [2.05, 4.69) is 0 Å². The van der Waals surface area contributed by atoms with Gasteiger partial charge in [0.1, 0.15) is 11.5 Å². The van der Waals surface area contributed by atoms with Crippen LogP contribution in [-0.4, -0.2) is 17.8 Å². The second-order valence-corrected chi connectivity index (χ2v) is 6.41. The molecule has 3 aromatic carbocycles. The Kier molecular flexibility index (Phi) is 6.26. The Balaban J connectivity index is 1.95. The van der Waals surface area contributed by atoms with Gasteiger partial charge >= 0.3 is 0 Å². The SMILES string of the molecule is COc1ccc(/C=C(\Oc2ccc([N+](=O)[O-])cc2)C(=O)c2ccc(Cl)cc2)cc1. The Labute approximate surface area is 172 Å². The van der Waals surface area contributed by atoms with Crippen molar-refractivity contribution in [3.8, 4) is 11.5 Å². The summed E-state index contributed by atoms with van der Waals surface area (Å²) in [7, 11) is 1.57. The topological polar surface area (TPSA) is 78.7 Å². The summed E-state index contributed by atoms with van der Waals surface area (Å²) >= 11 is 5.90. The molecule has 3 aromatic rings. The second kappa shape index (κ2) is 9.03. The molecule has 0 saturated heterocycles. The van der Waals surface area contributed by atoms with Crippen LogP contribution in [0.4, 0.5) is 5.69 Å². The summed E-state index contributed by atoms with van der Waals surface area (Å²) in [6, 6.07) is 19.0. The first-order valence-electron chi connectivity index (χ1n) is 8.54. The monoisotopic (exact) mass is 409 g/mol. The van der Waals surface area contributed by atoms with Crippen LogP contribution in [0.1, 0.15) is 15.9 Å². The van der Waals surface area contributed by atoms with Crippen LogP contribution in [0.3, 0.4) is 0 Å². The van der Waals surface area contributed by atoms with Crippen LogP contribution in [0.25, 0.3) is 6.08 Å². The molecule has 7 heteroatoms. The Morgan fingerprint density at radius 2 is 1.52 bits per heavy atom. The molecule has 0 amide bonds. The molecule has 0 aliphatic heterocycles. The van der Waals surface area contributed by atoms with Crippen molar-refractivity contribution >= 4 is 29.1 Å². The van der Waals surface area contributed by atoms with Crippen LogP contribution in [0.15, 0.2) is 78.6 Å². The van der Waals surface area contributed by atoms with E-state index in [1.807, 2.05) is 0 Å². The maximum Gasteiger partial charge on any atom is 0.269 e. The van der Waals surface area contributed by atoms with Gasteiger partial charge in [-0.05, 0) is 60.2 Å². The molecule has 0 N–H and O–H groups in total. The molecule has 0 heterocycles. The highest BCUT2D eigenvalue weighted by atomic mass is 35.5. The molecule has 3 rings (SSSR count). The largest absolute Gasteiger partial charge is 0.497 e. The summed E-state index contributed by atoms with van der Waals surface area (Å²) in [6.45, 7) is 0. The average Bonchev–Trinajstić information content (AvgIpc) is 2.74. The van der Waals surface area contributed by atoms with E-state index >= 15 is 0 Å². The molecule has 146 valence electrons. The lowest BCUT2D eigenvalue weighted by Crippen LogP contribution is -2.09. The lowest BCUT2D eigenvalue weighted by Gasteiger charge is -2.10. The number of hydrogen-bond acceptors (Lipinski definition) is 5. The number of hydrogen-bond donors (Lipinski definition) is 0. The van der Waals surface area contributed by atoms with Gasteiger partial charge in [0.25, 0.3) is 5.69 Å². The molecule has 0 aliphatic carbocycles. The molecule has 0 unspecified atom stereocenters. The Hall–Kier alpha value is -3.64. The number of non-ortho nitro benzene ring substituents is 1. The Morgan fingerprint density at radius 1 is 0.931 bits per heavy atom. The molecular formula is C22H16ClNO5. The highest BCUT2D eigenvalue weighted by Gasteiger charge is 2.16. The van der Waals surface area contributed by atoms with Gasteiger partial charge in [0.05, 0.1) is 12.0 Å². The van der Waals surface area contributed by atoms with E-state index in [4.69, 9.17) is 21.1 Å². The minimum atomic E-state index is -0.503. The summed E-state index contributed by atoms with van der Waals surface area (Å²) in [5, 5.41) is 11.3. The summed E-state index contributed by atoms with van der Waals surface area (Å²) in [6.07, 6.45) is 1.60. The number of nitro benzene ring substituents is 1. The van der Waals surface area contributed by atoms with Crippen LogP contribution in [-0.2, 0) is 0 Å². The highest BCUT2D eigenvalue weighted by Crippen LogP contribution is 2.23. The molecule has 6 nitrogen and oxygen atoms in total. The van der Waals surface area contributed by atoms with E-state index in [0.717, 1.165) is 5.56 Å². The van der Waals surface area contributed by atoms with Gasteiger partial charge in [-0.1, -0.05) is 23.7 Å². The molecule has 0 aromatic heterocycles. The van der Waals surface area contributed by atoms with Crippen molar-refractivity contribution in [3.05, 3.63) is 105 Å². The van der Waals surface area contributed by atoms with Crippen molar-refractivity contribution in [2.45, 2.75) is 0 Å². The fraction of sp³-hybridized carbons (Fsp3) is 0.0455. The van der Waals surface area contributed by atoms with Crippen molar-refractivity contribution in [2.75, 3.05) is 7.11 Å². The number of nitro groups is 1. The van der Waals surface area contributed by atoms with Gasteiger partial charge in [0, 0.05) is 22.7 Å². The number of rotatable bonds is 7. The quantitative estimate of drug-likeness (QED) is 0.168. The predicted octanol–water partition coefficient (Wildman–Crippen LogP) is 5.56. The fourth-order valence-corrected chi connectivity index (χ4v) is 2.63. The predicted molar refractivity (Wildman–Crippen MR) is 110 cm³/mol. The lowest BCUT2D eigenvalue weighted by atomic mass is 10.1. The number of benzene rings is 3. The minimum absolute atomic E-state index is 0.0614. The number of Topliss-reactive ketones (excluding diaryl/α,β-unsaturated/α-hetero) is 1. The van der Waals surface area contributed by atoms with E-state index in [-0.39, 0.29) is 17.2 Å². The summed E-state index contributed by atoms with van der Waals surface area (Å²) in [4.78, 5) is 23.3. The third kappa shape index (κ3) is 5.21. The average molecular weight is 410 g/mol. The van der Waals surface area contributed by atoms with Gasteiger partial charge < -0.3 is 9.47 Å². The van der Waals surface area contributed by atoms with Crippen LogP contribution >= 0.6 is 11.6 Å². The zero-order valence-electron chi connectivity index (χ0n) is 15.4. The maximum atomic E-state index is 13.0. The smallest absolute Gasteiger partial charge is 0.269 e. The van der Waals surface area contributed by atoms with Gasteiger partial charge in [-0.3, -0.25) is 14.9 Å². The van der Waals surface area contributed by atoms with Gasteiger partial charge in [-0.2, -0.15) is 0 Å². The second-order valence-electron chi connectivity index (χ2n) is 5.97. The van der Waals surface area contributed by atoms with Gasteiger partial charge in [-0.15, -0.1) is 0 Å². The van der Waals surface area contributed by atoms with Gasteiger partial charge in [0.15, 0.2) is 5.76 Å². The van der Waals surface area contributed by atoms with E-state index in [1.54, 1.807) is 61.7 Å². The normalized spacial score (nSPS) is 11.0. The molecule has 0 aliphatic rings. The maximum absolute atomic E-state index is 13.0. The molecule has 0 fully saturated rings. The first-order chi connectivity index (χ1) is 14.0. The molecular weight excluding hydrogens is 394 g/mol. The number of nitrogens with zero attached hydrogens (tertiary/aromatic N) is 1. The summed E-state index contributed by atoms with van der Waals surface area (Å²) in [5.74, 6) is 0.698. The first kappa shape index (κ1) is 20.1. The number of ether oxygens (including phenoxy) is 2. The first-order valence-corrected chi connectivity index (χ1v) is 8.92. The molecule has 0 atom stereocenters. The zero-order chi connectivity index (χ0) is 20.8. The number of halogens is 1. The molecule has 29 heavy (non-hydrogen) atoms. The molecule has 0 radical (unpaired) electrons. The van der Waals surface area contributed by atoms with Crippen LogP contribution in [0, 0.1) is 10.1 Å². The molecule has 0 saturated carbocycles. The van der Waals surface area contributed by atoms with Crippen molar-refractivity contribution in [1.29, 1.82) is 0 Å².